The van der Waals surface area contributed by atoms with Gasteiger partial charge in [0.1, 0.15) is 0 Å². The zero-order valence-corrected chi connectivity index (χ0v) is 12.0. The third-order valence-electron chi connectivity index (χ3n) is 3.47. The third kappa shape index (κ3) is 3.79. The minimum Gasteiger partial charge on any atom is -0.394 e. The Kier molecular flexibility index (Phi) is 4.23. The van der Waals surface area contributed by atoms with Crippen molar-refractivity contribution < 1.29 is 5.11 Å². The zero-order chi connectivity index (χ0) is 13.9. The minimum absolute atomic E-state index is 0.157. The molecule has 0 atom stereocenters. The summed E-state index contributed by atoms with van der Waals surface area (Å²) in [6, 6.07) is 13.2. The lowest BCUT2D eigenvalue weighted by atomic mass is 10.0. The van der Waals surface area contributed by atoms with Crippen molar-refractivity contribution in [2.75, 3.05) is 13.2 Å². The van der Waals surface area contributed by atoms with Crippen LogP contribution in [-0.4, -0.2) is 23.8 Å². The fourth-order valence-electron chi connectivity index (χ4n) is 2.17. The second kappa shape index (κ2) is 5.72. The van der Waals surface area contributed by atoms with Gasteiger partial charge in [0.05, 0.1) is 6.61 Å². The van der Waals surface area contributed by atoms with Crippen molar-refractivity contribution in [3.8, 4) is 0 Å². The van der Waals surface area contributed by atoms with E-state index in [1.165, 1.54) is 21.9 Å². The molecular weight excluding hydrogens is 234 g/mol. The SMILES string of the molecule is Cc1ccc2cc(CCNC(C)(C)CO)ccc2c1. The van der Waals surface area contributed by atoms with Gasteiger partial charge in [0.25, 0.3) is 0 Å². The predicted octanol–water partition coefficient (Wildman–Crippen LogP) is 3.05. The fraction of sp³-hybridized carbons (Fsp3) is 0.412. The standard InChI is InChI=1S/C17H23NO/c1-13-4-6-16-11-14(5-7-15(16)10-13)8-9-18-17(2,3)12-19/h4-7,10-11,18-19H,8-9,12H2,1-3H3. The molecule has 2 N–H and O–H groups in total. The summed E-state index contributed by atoms with van der Waals surface area (Å²) in [6.45, 7) is 7.18. The van der Waals surface area contributed by atoms with Crippen LogP contribution in [0.2, 0.25) is 0 Å². The molecule has 0 fully saturated rings. The number of benzene rings is 2. The molecule has 0 aromatic heterocycles. The van der Waals surface area contributed by atoms with Crippen LogP contribution in [0, 0.1) is 6.92 Å². The number of nitrogens with one attached hydrogen (secondary N) is 1. The topological polar surface area (TPSA) is 32.3 Å². The summed E-state index contributed by atoms with van der Waals surface area (Å²) in [4.78, 5) is 0. The zero-order valence-electron chi connectivity index (χ0n) is 12.0. The summed E-state index contributed by atoms with van der Waals surface area (Å²) in [6.07, 6.45) is 0.979. The summed E-state index contributed by atoms with van der Waals surface area (Å²) >= 11 is 0. The molecule has 0 spiro atoms. The average Bonchev–Trinajstić information content (AvgIpc) is 2.39. The second-order valence-corrected chi connectivity index (χ2v) is 5.90. The van der Waals surface area contributed by atoms with E-state index in [4.69, 9.17) is 0 Å². The Morgan fingerprint density at radius 2 is 1.74 bits per heavy atom. The van der Waals surface area contributed by atoms with Gasteiger partial charge < -0.3 is 10.4 Å². The Morgan fingerprint density at radius 3 is 2.47 bits per heavy atom. The Morgan fingerprint density at radius 1 is 1.05 bits per heavy atom. The quantitative estimate of drug-likeness (QED) is 0.863. The van der Waals surface area contributed by atoms with Crippen LogP contribution >= 0.6 is 0 Å². The smallest absolute Gasteiger partial charge is 0.0607 e. The Balaban J connectivity index is 2.04. The van der Waals surface area contributed by atoms with E-state index in [0.29, 0.717) is 0 Å². The lowest BCUT2D eigenvalue weighted by Gasteiger charge is -2.23. The van der Waals surface area contributed by atoms with Crippen LogP contribution in [0.15, 0.2) is 36.4 Å². The lowest BCUT2D eigenvalue weighted by molar-refractivity contribution is 0.189. The maximum Gasteiger partial charge on any atom is 0.0607 e. The van der Waals surface area contributed by atoms with E-state index in [9.17, 15) is 5.11 Å². The van der Waals surface area contributed by atoms with Gasteiger partial charge in [-0.1, -0.05) is 42.0 Å². The summed E-state index contributed by atoms with van der Waals surface area (Å²) in [5.41, 5.74) is 2.43. The normalized spacial score (nSPS) is 12.0. The molecule has 0 saturated heterocycles. The molecule has 0 aliphatic carbocycles. The highest BCUT2D eigenvalue weighted by atomic mass is 16.3. The van der Waals surface area contributed by atoms with Gasteiger partial charge in [-0.25, -0.2) is 0 Å². The second-order valence-electron chi connectivity index (χ2n) is 5.90. The van der Waals surface area contributed by atoms with Gasteiger partial charge in [0.2, 0.25) is 0 Å². The van der Waals surface area contributed by atoms with E-state index in [2.05, 4.69) is 48.6 Å². The number of aliphatic hydroxyl groups is 1. The first-order valence-electron chi connectivity index (χ1n) is 6.85. The monoisotopic (exact) mass is 257 g/mol. The number of fused-ring (bicyclic) bond motifs is 1. The molecule has 2 rings (SSSR count). The third-order valence-corrected chi connectivity index (χ3v) is 3.47. The van der Waals surface area contributed by atoms with Crippen LogP contribution in [0.3, 0.4) is 0 Å². The van der Waals surface area contributed by atoms with Gasteiger partial charge in [-0.2, -0.15) is 0 Å². The van der Waals surface area contributed by atoms with E-state index >= 15 is 0 Å². The molecule has 0 unspecified atom stereocenters. The molecule has 0 aliphatic heterocycles. The maximum atomic E-state index is 9.20. The predicted molar refractivity (Wildman–Crippen MR) is 81.6 cm³/mol. The molecule has 2 nitrogen and oxygen atoms in total. The first kappa shape index (κ1) is 14.0. The van der Waals surface area contributed by atoms with Crippen molar-refractivity contribution in [2.45, 2.75) is 32.7 Å². The highest BCUT2D eigenvalue weighted by Gasteiger charge is 2.14. The van der Waals surface area contributed by atoms with Gasteiger partial charge in [0.15, 0.2) is 0 Å². The highest BCUT2D eigenvalue weighted by molar-refractivity contribution is 5.83. The van der Waals surface area contributed by atoms with Gasteiger partial charge in [-0.15, -0.1) is 0 Å². The molecule has 2 heteroatoms. The van der Waals surface area contributed by atoms with Crippen LogP contribution in [-0.2, 0) is 6.42 Å². The molecule has 0 radical (unpaired) electrons. The van der Waals surface area contributed by atoms with Crippen molar-refractivity contribution in [1.82, 2.24) is 5.32 Å². The van der Waals surface area contributed by atoms with Crippen LogP contribution in [0.1, 0.15) is 25.0 Å². The Hall–Kier alpha value is -1.38. The van der Waals surface area contributed by atoms with Crippen LogP contribution < -0.4 is 5.32 Å². The highest BCUT2D eigenvalue weighted by Crippen LogP contribution is 2.18. The Labute approximate surface area is 115 Å². The molecule has 0 aliphatic rings. The average molecular weight is 257 g/mol. The first-order chi connectivity index (χ1) is 9.00. The molecule has 0 saturated carbocycles. The van der Waals surface area contributed by atoms with Crippen molar-refractivity contribution in [1.29, 1.82) is 0 Å². The number of hydrogen-bond donors (Lipinski definition) is 2. The minimum atomic E-state index is -0.200. The first-order valence-corrected chi connectivity index (χ1v) is 6.85. The fourth-order valence-corrected chi connectivity index (χ4v) is 2.17. The Bertz CT molecular complexity index is 560. The number of aryl methyl sites for hydroxylation is 1. The molecule has 0 amide bonds. The van der Waals surface area contributed by atoms with E-state index in [0.717, 1.165) is 13.0 Å². The molecule has 19 heavy (non-hydrogen) atoms. The van der Waals surface area contributed by atoms with Crippen LogP contribution in [0.25, 0.3) is 10.8 Å². The van der Waals surface area contributed by atoms with Gasteiger partial charge >= 0.3 is 0 Å². The van der Waals surface area contributed by atoms with Crippen molar-refractivity contribution >= 4 is 10.8 Å². The number of hydrogen-bond acceptors (Lipinski definition) is 2. The molecule has 2 aromatic carbocycles. The largest absolute Gasteiger partial charge is 0.394 e. The number of rotatable bonds is 5. The summed E-state index contributed by atoms with van der Waals surface area (Å²) in [5.74, 6) is 0. The molecular formula is C17H23NO. The summed E-state index contributed by atoms with van der Waals surface area (Å²) < 4.78 is 0. The number of aliphatic hydroxyl groups excluding tert-OH is 1. The molecule has 2 aromatic rings. The summed E-state index contributed by atoms with van der Waals surface area (Å²) in [7, 11) is 0. The maximum absolute atomic E-state index is 9.20. The van der Waals surface area contributed by atoms with Gasteiger partial charge in [0, 0.05) is 5.54 Å². The van der Waals surface area contributed by atoms with Crippen molar-refractivity contribution in [2.24, 2.45) is 0 Å². The van der Waals surface area contributed by atoms with Gasteiger partial charge in [-0.05, 0) is 50.1 Å². The molecule has 0 heterocycles. The van der Waals surface area contributed by atoms with Crippen LogP contribution in [0.4, 0.5) is 0 Å². The van der Waals surface area contributed by atoms with Crippen molar-refractivity contribution in [3.63, 3.8) is 0 Å². The van der Waals surface area contributed by atoms with E-state index in [1.54, 1.807) is 0 Å². The van der Waals surface area contributed by atoms with Crippen molar-refractivity contribution in [3.05, 3.63) is 47.5 Å². The lowest BCUT2D eigenvalue weighted by Crippen LogP contribution is -2.43. The van der Waals surface area contributed by atoms with E-state index in [1.807, 2.05) is 13.8 Å². The molecule has 0 bridgehead atoms. The van der Waals surface area contributed by atoms with E-state index in [-0.39, 0.29) is 12.1 Å². The van der Waals surface area contributed by atoms with Crippen LogP contribution in [0.5, 0.6) is 0 Å². The molecule has 102 valence electrons. The van der Waals surface area contributed by atoms with Gasteiger partial charge in [-0.3, -0.25) is 0 Å². The van der Waals surface area contributed by atoms with E-state index < -0.39 is 0 Å². The summed E-state index contributed by atoms with van der Waals surface area (Å²) in [5, 5.41) is 15.2.